The van der Waals surface area contributed by atoms with E-state index in [0.717, 1.165) is 28.7 Å². The van der Waals surface area contributed by atoms with Crippen LogP contribution >= 0.6 is 35.3 Å². The number of rotatable bonds is 13. The van der Waals surface area contributed by atoms with Crippen molar-refractivity contribution in [3.05, 3.63) is 100 Å². The van der Waals surface area contributed by atoms with E-state index in [1.54, 1.807) is 29.2 Å². The summed E-state index contributed by atoms with van der Waals surface area (Å²) in [5.74, 6) is 0.00306. The number of anilines is 2. The average molecular weight is 698 g/mol. The molecule has 44 heavy (non-hydrogen) atoms. The summed E-state index contributed by atoms with van der Waals surface area (Å²) in [6, 6.07) is 26.3. The number of nitrogens with one attached hydrogen (secondary N) is 2. The normalized spacial score (nSPS) is 11.5. The molecule has 4 aromatic rings. The van der Waals surface area contributed by atoms with Crippen LogP contribution in [0.5, 0.6) is 0 Å². The van der Waals surface area contributed by atoms with Gasteiger partial charge in [-0.15, -0.1) is 12.4 Å². The summed E-state index contributed by atoms with van der Waals surface area (Å²) in [4.78, 5) is 19.6. The molecule has 1 heterocycles. The van der Waals surface area contributed by atoms with Gasteiger partial charge in [0.25, 0.3) is 0 Å². The molecule has 2 N–H and O–H groups in total. The summed E-state index contributed by atoms with van der Waals surface area (Å²) >= 11 is 7.58. The lowest BCUT2D eigenvalue weighted by Crippen LogP contribution is -2.37. The maximum atomic E-state index is 13.5. The lowest BCUT2D eigenvalue weighted by atomic mass is 9.88. The number of urea groups is 1. The molecule has 0 saturated heterocycles. The smallest absolute Gasteiger partial charge is 0.323 e. The molecule has 0 aliphatic rings. The Kier molecular flexibility index (Phi) is 12.6. The monoisotopic (exact) mass is 696 g/mol. The van der Waals surface area contributed by atoms with Crippen LogP contribution < -0.4 is 10.0 Å². The summed E-state index contributed by atoms with van der Waals surface area (Å²) < 4.78 is 49.4. The Morgan fingerprint density at radius 1 is 0.886 bits per heavy atom. The van der Waals surface area contributed by atoms with Crippen LogP contribution in [-0.4, -0.2) is 64.1 Å². The number of carbonyl (C=O) groups is 1. The zero-order valence-corrected chi connectivity index (χ0v) is 28.2. The molecule has 0 fully saturated rings. The Balaban J connectivity index is 0.00000529. The Hall–Kier alpha value is -3.16. The van der Waals surface area contributed by atoms with Gasteiger partial charge in [0.2, 0.25) is 10.0 Å². The predicted molar refractivity (Wildman–Crippen MR) is 183 cm³/mol. The number of carbonyl (C=O) groups excluding carboxylic acids is 1. The highest BCUT2D eigenvalue weighted by atomic mass is 35.5. The van der Waals surface area contributed by atoms with Gasteiger partial charge in [-0.1, -0.05) is 95.7 Å². The second-order valence-electron chi connectivity index (χ2n) is 10.2. The summed E-state index contributed by atoms with van der Waals surface area (Å²) in [6.45, 7) is 0.626. The third-order valence-corrected chi connectivity index (χ3v) is 9.39. The third kappa shape index (κ3) is 10.8. The molecule has 9 nitrogen and oxygen atoms in total. The van der Waals surface area contributed by atoms with Crippen molar-refractivity contribution in [1.82, 2.24) is 9.88 Å². The van der Waals surface area contributed by atoms with Gasteiger partial charge in [-0.25, -0.2) is 26.6 Å². The molecular formula is C30H34Cl2N4O5S3. The second kappa shape index (κ2) is 15.7. The number of sulfonamides is 1. The zero-order valence-electron chi connectivity index (χ0n) is 24.1. The molecule has 0 saturated carbocycles. The van der Waals surface area contributed by atoms with E-state index in [4.69, 9.17) is 11.6 Å². The SMILES string of the molecule is CS(=O)(=O)CCCN(CCC(c1ccccc1)c1ccccc1)C(=O)Nc1nc(-c2ccc(NS(C)(=O)=O)cc2)c(Cl)s1.Cl. The zero-order chi connectivity index (χ0) is 31.0. The van der Waals surface area contributed by atoms with Gasteiger partial charge in [0, 0.05) is 36.5 Å². The van der Waals surface area contributed by atoms with Gasteiger partial charge in [-0.05, 0) is 36.1 Å². The van der Waals surface area contributed by atoms with Crippen LogP contribution in [0.2, 0.25) is 4.34 Å². The van der Waals surface area contributed by atoms with E-state index < -0.39 is 25.9 Å². The second-order valence-corrected chi connectivity index (χ2v) is 15.8. The van der Waals surface area contributed by atoms with Crippen LogP contribution in [0.3, 0.4) is 0 Å². The fourth-order valence-electron chi connectivity index (χ4n) is 4.63. The van der Waals surface area contributed by atoms with E-state index in [-0.39, 0.29) is 30.6 Å². The van der Waals surface area contributed by atoms with Crippen LogP contribution in [0.25, 0.3) is 11.3 Å². The fraction of sp³-hybridized carbons (Fsp3) is 0.267. The maximum Gasteiger partial charge on any atom is 0.323 e. The molecule has 0 spiro atoms. The summed E-state index contributed by atoms with van der Waals surface area (Å²) in [7, 11) is -6.60. The van der Waals surface area contributed by atoms with Crippen LogP contribution in [0.1, 0.15) is 29.9 Å². The molecule has 2 amide bonds. The number of hydrogen-bond donors (Lipinski definition) is 2. The van der Waals surface area contributed by atoms with Crippen molar-refractivity contribution in [2.24, 2.45) is 0 Å². The molecular weight excluding hydrogens is 663 g/mol. The molecule has 236 valence electrons. The quantitative estimate of drug-likeness (QED) is 0.159. The average Bonchev–Trinajstić information content (AvgIpc) is 3.31. The highest BCUT2D eigenvalue weighted by Gasteiger charge is 2.21. The van der Waals surface area contributed by atoms with Gasteiger partial charge in [0.1, 0.15) is 19.9 Å². The Bertz CT molecular complexity index is 1700. The number of aromatic nitrogens is 1. The van der Waals surface area contributed by atoms with E-state index >= 15 is 0 Å². The minimum Gasteiger partial charge on any atom is -0.324 e. The van der Waals surface area contributed by atoms with Crippen molar-refractivity contribution in [1.29, 1.82) is 0 Å². The Morgan fingerprint density at radius 3 is 1.98 bits per heavy atom. The molecule has 14 heteroatoms. The Morgan fingerprint density at radius 2 is 1.45 bits per heavy atom. The number of benzene rings is 3. The van der Waals surface area contributed by atoms with Crippen molar-refractivity contribution in [2.75, 3.05) is 41.4 Å². The maximum absolute atomic E-state index is 13.5. The minimum atomic E-state index is -3.41. The predicted octanol–water partition coefficient (Wildman–Crippen LogP) is 6.75. The molecule has 0 radical (unpaired) electrons. The van der Waals surface area contributed by atoms with Gasteiger partial charge in [-0.3, -0.25) is 10.0 Å². The number of sulfone groups is 1. The van der Waals surface area contributed by atoms with Crippen molar-refractivity contribution in [2.45, 2.75) is 18.8 Å². The van der Waals surface area contributed by atoms with Gasteiger partial charge >= 0.3 is 6.03 Å². The molecule has 1 aromatic heterocycles. The van der Waals surface area contributed by atoms with E-state index in [1.807, 2.05) is 36.4 Å². The molecule has 0 bridgehead atoms. The van der Waals surface area contributed by atoms with Crippen molar-refractivity contribution in [3.8, 4) is 11.3 Å². The highest BCUT2D eigenvalue weighted by Crippen LogP contribution is 2.36. The van der Waals surface area contributed by atoms with Gasteiger partial charge in [0.15, 0.2) is 5.13 Å². The van der Waals surface area contributed by atoms with E-state index in [1.165, 1.54) is 6.26 Å². The summed E-state index contributed by atoms with van der Waals surface area (Å²) in [6.07, 6.45) is 3.17. The topological polar surface area (TPSA) is 126 Å². The lowest BCUT2D eigenvalue weighted by molar-refractivity contribution is 0.210. The van der Waals surface area contributed by atoms with Crippen LogP contribution in [0.15, 0.2) is 84.9 Å². The number of nitrogens with zero attached hydrogens (tertiary/aromatic N) is 2. The molecule has 4 rings (SSSR count). The Labute approximate surface area is 274 Å². The van der Waals surface area contributed by atoms with Crippen molar-refractivity contribution >= 4 is 72.1 Å². The first-order valence-electron chi connectivity index (χ1n) is 13.5. The largest absolute Gasteiger partial charge is 0.324 e. The summed E-state index contributed by atoms with van der Waals surface area (Å²) in [5, 5.41) is 3.13. The van der Waals surface area contributed by atoms with Crippen LogP contribution in [-0.2, 0) is 19.9 Å². The van der Waals surface area contributed by atoms with Gasteiger partial charge in [0.05, 0.1) is 12.0 Å². The van der Waals surface area contributed by atoms with E-state index in [2.05, 4.69) is 39.3 Å². The first kappa shape index (κ1) is 35.3. The third-order valence-electron chi connectivity index (χ3n) is 6.58. The summed E-state index contributed by atoms with van der Waals surface area (Å²) in [5.41, 5.74) is 3.75. The molecule has 0 atom stereocenters. The highest BCUT2D eigenvalue weighted by molar-refractivity contribution is 7.92. The van der Waals surface area contributed by atoms with Crippen molar-refractivity contribution in [3.63, 3.8) is 0 Å². The first-order chi connectivity index (χ1) is 20.4. The minimum absolute atomic E-state index is 0. The standard InChI is InChI=1S/C30H33ClN4O5S3.ClH/c1-42(37,38)21-9-19-35(20-18-26(22-10-5-3-6-11-22)23-12-7-4-8-13-23)30(36)33-29-32-27(28(31)41-29)24-14-16-25(17-15-24)34-43(2,39)40;/h3-8,10-17,26,34H,9,18-21H2,1-2H3,(H,32,33,36);1H. The number of thiazole rings is 1. The number of halogens is 2. The number of hydrogen-bond acceptors (Lipinski definition) is 7. The van der Waals surface area contributed by atoms with Crippen molar-refractivity contribution < 1.29 is 21.6 Å². The molecule has 0 aliphatic carbocycles. The molecule has 3 aromatic carbocycles. The van der Waals surface area contributed by atoms with E-state index in [9.17, 15) is 21.6 Å². The van der Waals surface area contributed by atoms with Crippen LogP contribution in [0.4, 0.5) is 15.6 Å². The van der Waals surface area contributed by atoms with E-state index in [0.29, 0.717) is 45.8 Å². The molecule has 0 unspecified atom stereocenters. The fourth-order valence-corrected chi connectivity index (χ4v) is 6.92. The number of amides is 2. The van der Waals surface area contributed by atoms with Gasteiger partial charge < -0.3 is 4.90 Å². The molecule has 0 aliphatic heterocycles. The first-order valence-corrected chi connectivity index (χ1v) is 18.6. The van der Waals surface area contributed by atoms with Crippen LogP contribution in [0, 0.1) is 0 Å². The lowest BCUT2D eigenvalue weighted by Gasteiger charge is -2.26. The van der Waals surface area contributed by atoms with Gasteiger partial charge in [-0.2, -0.15) is 0 Å².